The third-order valence-corrected chi connectivity index (χ3v) is 4.56. The first kappa shape index (κ1) is 16.5. The van der Waals surface area contributed by atoms with E-state index in [-0.39, 0.29) is 11.3 Å². The van der Waals surface area contributed by atoms with E-state index >= 15 is 0 Å². The van der Waals surface area contributed by atoms with Crippen molar-refractivity contribution in [3.05, 3.63) is 59.9 Å². The van der Waals surface area contributed by atoms with Gasteiger partial charge in [-0.25, -0.2) is 8.78 Å². The van der Waals surface area contributed by atoms with Gasteiger partial charge in [-0.2, -0.15) is 0 Å². The third-order valence-electron chi connectivity index (χ3n) is 3.47. The molecule has 8 heteroatoms. The first-order chi connectivity index (χ1) is 11.6. The second-order valence-corrected chi connectivity index (χ2v) is 6.08. The maximum Gasteiger partial charge on any atom is 0.191 e. The Morgan fingerprint density at radius 1 is 1.17 bits per heavy atom. The fourth-order valence-corrected chi connectivity index (χ4v) is 3.07. The Kier molecular flexibility index (Phi) is 4.86. The second-order valence-electron chi connectivity index (χ2n) is 5.09. The van der Waals surface area contributed by atoms with Crippen LogP contribution in [0.1, 0.15) is 11.7 Å². The predicted molar refractivity (Wildman–Crippen MR) is 86.3 cm³/mol. The van der Waals surface area contributed by atoms with Crippen LogP contribution in [0.4, 0.5) is 8.78 Å². The summed E-state index contributed by atoms with van der Waals surface area (Å²) < 4.78 is 28.4. The van der Waals surface area contributed by atoms with Gasteiger partial charge in [0.25, 0.3) is 0 Å². The zero-order valence-electron chi connectivity index (χ0n) is 12.7. The Morgan fingerprint density at radius 2 is 1.92 bits per heavy atom. The Morgan fingerprint density at radius 3 is 2.62 bits per heavy atom. The van der Waals surface area contributed by atoms with Gasteiger partial charge in [0.05, 0.1) is 6.10 Å². The fraction of sp³-hybridized carbons (Fsp3) is 0.188. The number of aromatic nitrogens is 4. The van der Waals surface area contributed by atoms with Gasteiger partial charge in [-0.3, -0.25) is 4.98 Å². The standard InChI is InChI=1S/C16H14F2N4OS/c1-22-15(10-4-6-19-7-5-10)20-21-16(22)24-9-14(23)12-3-2-11(17)8-13(12)18/h2-8,14,23H,9H2,1H3. The van der Waals surface area contributed by atoms with E-state index < -0.39 is 17.7 Å². The van der Waals surface area contributed by atoms with Crippen molar-refractivity contribution in [2.45, 2.75) is 11.3 Å². The van der Waals surface area contributed by atoms with Crippen LogP contribution in [0.2, 0.25) is 0 Å². The van der Waals surface area contributed by atoms with Crippen LogP contribution in [0.5, 0.6) is 0 Å². The SMILES string of the molecule is Cn1c(SCC(O)c2ccc(F)cc2F)nnc1-c1ccncc1. The van der Waals surface area contributed by atoms with E-state index in [9.17, 15) is 13.9 Å². The van der Waals surface area contributed by atoms with Crippen molar-refractivity contribution < 1.29 is 13.9 Å². The van der Waals surface area contributed by atoms with Crippen LogP contribution in [0.15, 0.2) is 47.9 Å². The van der Waals surface area contributed by atoms with Gasteiger partial charge in [-0.05, 0) is 18.2 Å². The number of rotatable bonds is 5. The molecular formula is C16H14F2N4OS. The average Bonchev–Trinajstić information content (AvgIpc) is 2.94. The molecule has 2 heterocycles. The molecule has 0 aliphatic heterocycles. The van der Waals surface area contributed by atoms with Crippen molar-refractivity contribution in [2.24, 2.45) is 7.05 Å². The molecule has 0 bridgehead atoms. The number of hydrogen-bond acceptors (Lipinski definition) is 5. The minimum atomic E-state index is -1.07. The van der Waals surface area contributed by atoms with Gasteiger partial charge in [-0.1, -0.05) is 17.8 Å². The molecule has 1 unspecified atom stereocenters. The van der Waals surface area contributed by atoms with Crippen LogP contribution in [0.3, 0.4) is 0 Å². The van der Waals surface area contributed by atoms with E-state index in [0.717, 1.165) is 17.7 Å². The molecule has 124 valence electrons. The van der Waals surface area contributed by atoms with Crippen LogP contribution in [-0.2, 0) is 7.05 Å². The molecule has 24 heavy (non-hydrogen) atoms. The summed E-state index contributed by atoms with van der Waals surface area (Å²) in [4.78, 5) is 3.96. The van der Waals surface area contributed by atoms with Gasteiger partial charge in [0.15, 0.2) is 11.0 Å². The van der Waals surface area contributed by atoms with Crippen LogP contribution in [-0.4, -0.2) is 30.6 Å². The van der Waals surface area contributed by atoms with Gasteiger partial charge in [0, 0.05) is 42.4 Å². The monoisotopic (exact) mass is 348 g/mol. The number of hydrogen-bond donors (Lipinski definition) is 1. The summed E-state index contributed by atoms with van der Waals surface area (Å²) in [5.74, 6) is -0.600. The topological polar surface area (TPSA) is 63.8 Å². The van der Waals surface area contributed by atoms with Crippen LogP contribution in [0.25, 0.3) is 11.4 Å². The van der Waals surface area contributed by atoms with Crippen LogP contribution in [0, 0.1) is 11.6 Å². The molecule has 3 aromatic rings. The summed E-state index contributed by atoms with van der Waals surface area (Å²) in [6.45, 7) is 0. The summed E-state index contributed by atoms with van der Waals surface area (Å²) in [5.41, 5.74) is 0.928. The van der Waals surface area contributed by atoms with Gasteiger partial charge in [0.2, 0.25) is 0 Å². The van der Waals surface area contributed by atoms with Crippen LogP contribution < -0.4 is 0 Å². The maximum absolute atomic E-state index is 13.7. The maximum atomic E-state index is 13.7. The molecule has 1 aromatic carbocycles. The lowest BCUT2D eigenvalue weighted by Gasteiger charge is -2.11. The summed E-state index contributed by atoms with van der Waals surface area (Å²) in [6.07, 6.45) is 2.26. The van der Waals surface area contributed by atoms with E-state index in [1.807, 2.05) is 19.2 Å². The Hall–Kier alpha value is -2.32. The van der Waals surface area contributed by atoms with Crippen LogP contribution >= 0.6 is 11.8 Å². The van der Waals surface area contributed by atoms with E-state index in [1.54, 1.807) is 17.0 Å². The highest BCUT2D eigenvalue weighted by Crippen LogP contribution is 2.27. The summed E-state index contributed by atoms with van der Waals surface area (Å²) in [7, 11) is 1.81. The molecule has 0 aliphatic rings. The summed E-state index contributed by atoms with van der Waals surface area (Å²) in [5, 5.41) is 18.9. The lowest BCUT2D eigenvalue weighted by atomic mass is 10.1. The molecule has 0 fully saturated rings. The van der Waals surface area contributed by atoms with Gasteiger partial charge < -0.3 is 9.67 Å². The minimum absolute atomic E-state index is 0.0559. The van der Waals surface area contributed by atoms with Gasteiger partial charge in [0.1, 0.15) is 11.6 Å². The highest BCUT2D eigenvalue weighted by molar-refractivity contribution is 7.99. The Bertz CT molecular complexity index is 841. The molecule has 5 nitrogen and oxygen atoms in total. The van der Waals surface area contributed by atoms with E-state index in [0.29, 0.717) is 11.0 Å². The molecule has 1 N–H and O–H groups in total. The molecular weight excluding hydrogens is 334 g/mol. The molecule has 0 radical (unpaired) electrons. The zero-order chi connectivity index (χ0) is 17.1. The minimum Gasteiger partial charge on any atom is -0.387 e. The number of aliphatic hydroxyl groups is 1. The normalized spacial score (nSPS) is 12.3. The first-order valence-electron chi connectivity index (χ1n) is 7.12. The zero-order valence-corrected chi connectivity index (χ0v) is 13.5. The molecule has 0 amide bonds. The molecule has 0 aliphatic carbocycles. The summed E-state index contributed by atoms with van der Waals surface area (Å²) in [6, 6.07) is 6.76. The van der Waals surface area contributed by atoms with E-state index in [4.69, 9.17) is 0 Å². The molecule has 0 saturated carbocycles. The second kappa shape index (κ2) is 7.06. The number of benzene rings is 1. The predicted octanol–water partition coefficient (Wildman–Crippen LogP) is 2.98. The van der Waals surface area contributed by atoms with E-state index in [1.165, 1.54) is 17.8 Å². The molecule has 3 rings (SSSR count). The number of halogens is 2. The van der Waals surface area contributed by atoms with Gasteiger partial charge >= 0.3 is 0 Å². The first-order valence-corrected chi connectivity index (χ1v) is 8.10. The number of aliphatic hydroxyl groups excluding tert-OH is 1. The van der Waals surface area contributed by atoms with Crippen molar-refractivity contribution in [1.82, 2.24) is 19.7 Å². The number of pyridine rings is 1. The largest absolute Gasteiger partial charge is 0.387 e. The fourth-order valence-electron chi connectivity index (χ4n) is 2.21. The highest BCUT2D eigenvalue weighted by Gasteiger charge is 2.17. The Labute approximate surface area is 141 Å². The van der Waals surface area contributed by atoms with E-state index in [2.05, 4.69) is 15.2 Å². The van der Waals surface area contributed by atoms with Crippen molar-refractivity contribution in [3.63, 3.8) is 0 Å². The smallest absolute Gasteiger partial charge is 0.191 e. The van der Waals surface area contributed by atoms with Crippen molar-refractivity contribution in [1.29, 1.82) is 0 Å². The van der Waals surface area contributed by atoms with Crippen molar-refractivity contribution in [3.8, 4) is 11.4 Å². The summed E-state index contributed by atoms with van der Waals surface area (Å²) >= 11 is 1.24. The molecule has 1 atom stereocenters. The quantitative estimate of drug-likeness (QED) is 0.718. The average molecular weight is 348 g/mol. The van der Waals surface area contributed by atoms with Crippen molar-refractivity contribution >= 4 is 11.8 Å². The van der Waals surface area contributed by atoms with Crippen molar-refractivity contribution in [2.75, 3.05) is 5.75 Å². The lowest BCUT2D eigenvalue weighted by molar-refractivity contribution is 0.198. The third kappa shape index (κ3) is 3.44. The number of thioether (sulfide) groups is 1. The molecule has 0 saturated heterocycles. The highest BCUT2D eigenvalue weighted by atomic mass is 32.2. The lowest BCUT2D eigenvalue weighted by Crippen LogP contribution is -2.05. The molecule has 2 aromatic heterocycles. The Balaban J connectivity index is 1.72. The molecule has 0 spiro atoms. The number of nitrogens with zero attached hydrogens (tertiary/aromatic N) is 4. The van der Waals surface area contributed by atoms with Gasteiger partial charge in [-0.15, -0.1) is 10.2 Å².